The number of aliphatic carboxylic acids is 1. The number of urea groups is 1. The molecule has 1 aliphatic heterocycles. The van der Waals surface area contributed by atoms with Crippen LogP contribution >= 0.6 is 11.3 Å². The summed E-state index contributed by atoms with van der Waals surface area (Å²) in [6.07, 6.45) is 0.0523. The number of nitrogens with zero attached hydrogens (tertiary/aromatic N) is 2. The third-order valence-electron chi connectivity index (χ3n) is 3.38. The van der Waals surface area contributed by atoms with Crippen molar-refractivity contribution in [2.45, 2.75) is 32.4 Å². The van der Waals surface area contributed by atoms with Crippen molar-refractivity contribution in [3.05, 3.63) is 10.6 Å². The summed E-state index contributed by atoms with van der Waals surface area (Å²) in [5.41, 5.74) is 0.858. The van der Waals surface area contributed by atoms with Gasteiger partial charge < -0.3 is 14.7 Å². The molecular formula is C12H17N3O4S. The Bertz CT molecular complexity index is 511. The second-order valence-corrected chi connectivity index (χ2v) is 5.89. The van der Waals surface area contributed by atoms with Crippen LogP contribution in [0.4, 0.5) is 9.93 Å². The number of likely N-dealkylation sites (tertiary alicyclic amines) is 1. The standard InChI is InChI=1S/C12H17N3O4S/c1-6-7(2)20-11(13-6)14-12(18)15-5-8(19-3)4-9(15)10(16)17/h8-9H,4-5H2,1-3H3,(H,16,17)(H,13,14,18). The molecule has 0 bridgehead atoms. The first-order chi connectivity index (χ1) is 9.42. The number of methoxy groups -OCH3 is 1. The van der Waals surface area contributed by atoms with Crippen LogP contribution in [0.15, 0.2) is 0 Å². The quantitative estimate of drug-likeness (QED) is 0.881. The molecule has 20 heavy (non-hydrogen) atoms. The largest absolute Gasteiger partial charge is 0.480 e. The van der Waals surface area contributed by atoms with Crippen LogP contribution in [0.3, 0.4) is 0 Å². The van der Waals surface area contributed by atoms with Crippen LogP contribution in [0.2, 0.25) is 0 Å². The maximum absolute atomic E-state index is 12.2. The van der Waals surface area contributed by atoms with Gasteiger partial charge in [0, 0.05) is 25.0 Å². The molecule has 2 amide bonds. The Hall–Kier alpha value is -1.67. The fraction of sp³-hybridized carbons (Fsp3) is 0.583. The van der Waals surface area contributed by atoms with Gasteiger partial charge in [-0.15, -0.1) is 11.3 Å². The molecule has 0 spiro atoms. The maximum atomic E-state index is 12.2. The fourth-order valence-corrected chi connectivity index (χ4v) is 2.92. The molecule has 2 atom stereocenters. The van der Waals surface area contributed by atoms with Crippen LogP contribution in [0.1, 0.15) is 17.0 Å². The van der Waals surface area contributed by atoms with Crippen molar-refractivity contribution >= 4 is 28.5 Å². The summed E-state index contributed by atoms with van der Waals surface area (Å²) >= 11 is 1.37. The lowest BCUT2D eigenvalue weighted by molar-refractivity contribution is -0.141. The molecule has 0 aromatic carbocycles. The van der Waals surface area contributed by atoms with Gasteiger partial charge in [0.25, 0.3) is 0 Å². The third kappa shape index (κ3) is 2.91. The highest BCUT2D eigenvalue weighted by atomic mass is 32.1. The zero-order valence-corrected chi connectivity index (χ0v) is 12.4. The predicted octanol–water partition coefficient (Wildman–Crippen LogP) is 1.47. The summed E-state index contributed by atoms with van der Waals surface area (Å²) in [6.45, 7) is 4.04. The molecule has 2 N–H and O–H groups in total. The van der Waals surface area contributed by atoms with Gasteiger partial charge in [-0.2, -0.15) is 0 Å². The number of rotatable bonds is 3. The Balaban J connectivity index is 2.09. The highest BCUT2D eigenvalue weighted by Crippen LogP contribution is 2.24. The number of nitrogens with one attached hydrogen (secondary N) is 1. The lowest BCUT2D eigenvalue weighted by Gasteiger charge is -2.20. The molecule has 1 saturated heterocycles. The highest BCUT2D eigenvalue weighted by molar-refractivity contribution is 7.15. The monoisotopic (exact) mass is 299 g/mol. The van der Waals surface area contributed by atoms with Gasteiger partial charge in [0.05, 0.1) is 11.8 Å². The van der Waals surface area contributed by atoms with Gasteiger partial charge in [0.2, 0.25) is 0 Å². The molecule has 7 nitrogen and oxygen atoms in total. The first-order valence-corrected chi connectivity index (χ1v) is 7.01. The molecule has 0 radical (unpaired) electrons. The molecule has 1 aliphatic rings. The average molecular weight is 299 g/mol. The Kier molecular flexibility index (Phi) is 4.24. The molecule has 8 heteroatoms. The molecule has 0 saturated carbocycles. The fourth-order valence-electron chi connectivity index (χ4n) is 2.12. The molecule has 2 heterocycles. The van der Waals surface area contributed by atoms with Crippen molar-refractivity contribution in [2.24, 2.45) is 0 Å². The van der Waals surface area contributed by atoms with E-state index in [-0.39, 0.29) is 12.6 Å². The van der Waals surface area contributed by atoms with E-state index in [2.05, 4.69) is 10.3 Å². The molecule has 110 valence electrons. The summed E-state index contributed by atoms with van der Waals surface area (Å²) in [5, 5.41) is 12.3. The maximum Gasteiger partial charge on any atom is 0.326 e. The molecule has 1 fully saturated rings. The number of carboxylic acid groups (broad SMARTS) is 1. The van der Waals surface area contributed by atoms with Gasteiger partial charge in [-0.1, -0.05) is 0 Å². The Morgan fingerprint density at radius 3 is 2.70 bits per heavy atom. The number of aromatic nitrogens is 1. The van der Waals surface area contributed by atoms with Crippen LogP contribution in [0.25, 0.3) is 0 Å². The predicted molar refractivity (Wildman–Crippen MR) is 74.2 cm³/mol. The second kappa shape index (κ2) is 5.76. The first-order valence-electron chi connectivity index (χ1n) is 6.19. The summed E-state index contributed by atoms with van der Waals surface area (Å²) in [6, 6.07) is -1.31. The summed E-state index contributed by atoms with van der Waals surface area (Å²) in [4.78, 5) is 29.9. The van der Waals surface area contributed by atoms with Gasteiger partial charge >= 0.3 is 12.0 Å². The number of carbonyl (C=O) groups is 2. The number of aryl methyl sites for hydroxylation is 2. The van der Waals surface area contributed by atoms with E-state index in [0.717, 1.165) is 10.6 Å². The van der Waals surface area contributed by atoms with Crippen LogP contribution in [-0.2, 0) is 9.53 Å². The van der Waals surface area contributed by atoms with Crippen molar-refractivity contribution in [1.82, 2.24) is 9.88 Å². The number of hydrogen-bond donors (Lipinski definition) is 2. The lowest BCUT2D eigenvalue weighted by atomic mass is 10.2. The van der Waals surface area contributed by atoms with E-state index in [0.29, 0.717) is 11.6 Å². The number of amides is 2. The van der Waals surface area contributed by atoms with E-state index in [4.69, 9.17) is 9.84 Å². The van der Waals surface area contributed by atoms with Gasteiger partial charge in [-0.25, -0.2) is 14.6 Å². The Morgan fingerprint density at radius 1 is 1.50 bits per heavy atom. The zero-order chi connectivity index (χ0) is 14.9. The van der Waals surface area contributed by atoms with Crippen molar-refractivity contribution in [3.63, 3.8) is 0 Å². The van der Waals surface area contributed by atoms with E-state index in [1.165, 1.54) is 23.3 Å². The zero-order valence-electron chi connectivity index (χ0n) is 11.5. The number of anilines is 1. The first kappa shape index (κ1) is 14.7. The molecule has 2 rings (SSSR count). The van der Waals surface area contributed by atoms with Gasteiger partial charge in [0.15, 0.2) is 5.13 Å². The number of hydrogen-bond acceptors (Lipinski definition) is 5. The summed E-state index contributed by atoms with van der Waals surface area (Å²) < 4.78 is 5.15. The SMILES string of the molecule is COC1CC(C(=O)O)N(C(=O)Nc2nc(C)c(C)s2)C1. The molecular weight excluding hydrogens is 282 g/mol. The van der Waals surface area contributed by atoms with E-state index >= 15 is 0 Å². The van der Waals surface area contributed by atoms with Crippen LogP contribution in [-0.4, -0.2) is 52.8 Å². The number of carboxylic acids is 1. The second-order valence-electron chi connectivity index (χ2n) is 4.69. The minimum atomic E-state index is -1.02. The van der Waals surface area contributed by atoms with Crippen molar-refractivity contribution in [2.75, 3.05) is 19.0 Å². The minimum Gasteiger partial charge on any atom is -0.480 e. The van der Waals surface area contributed by atoms with Crippen molar-refractivity contribution in [3.8, 4) is 0 Å². The topological polar surface area (TPSA) is 91.8 Å². The normalized spacial score (nSPS) is 22.1. The van der Waals surface area contributed by atoms with Crippen molar-refractivity contribution < 1.29 is 19.4 Å². The van der Waals surface area contributed by atoms with E-state index in [9.17, 15) is 9.59 Å². The number of thiazole rings is 1. The Morgan fingerprint density at radius 2 is 2.20 bits per heavy atom. The Labute approximate surface area is 120 Å². The number of carbonyl (C=O) groups excluding carboxylic acids is 1. The molecule has 1 aromatic rings. The van der Waals surface area contributed by atoms with Crippen molar-refractivity contribution in [1.29, 1.82) is 0 Å². The molecule has 0 aliphatic carbocycles. The van der Waals surface area contributed by atoms with Crippen LogP contribution < -0.4 is 5.32 Å². The van der Waals surface area contributed by atoms with Gasteiger partial charge in [-0.3, -0.25) is 5.32 Å². The van der Waals surface area contributed by atoms with E-state index in [1.807, 2.05) is 13.8 Å². The minimum absolute atomic E-state index is 0.249. The lowest BCUT2D eigenvalue weighted by Crippen LogP contribution is -2.43. The van der Waals surface area contributed by atoms with Crippen LogP contribution in [0.5, 0.6) is 0 Å². The summed E-state index contributed by atoms with van der Waals surface area (Å²) in [7, 11) is 1.51. The smallest absolute Gasteiger partial charge is 0.326 e. The third-order valence-corrected chi connectivity index (χ3v) is 4.37. The van der Waals surface area contributed by atoms with Gasteiger partial charge in [-0.05, 0) is 13.8 Å². The van der Waals surface area contributed by atoms with E-state index in [1.54, 1.807) is 0 Å². The van der Waals surface area contributed by atoms with Crippen LogP contribution in [0, 0.1) is 13.8 Å². The summed E-state index contributed by atoms with van der Waals surface area (Å²) in [5.74, 6) is -1.02. The molecule has 1 aromatic heterocycles. The number of ether oxygens (including phenoxy) is 1. The van der Waals surface area contributed by atoms with Gasteiger partial charge in [0.1, 0.15) is 6.04 Å². The van der Waals surface area contributed by atoms with E-state index < -0.39 is 18.0 Å². The highest BCUT2D eigenvalue weighted by Gasteiger charge is 2.40. The average Bonchev–Trinajstić information content (AvgIpc) is 2.94. The molecule has 2 unspecified atom stereocenters.